The number of hydrogen-bond acceptors (Lipinski definition) is 2. The molecule has 100 valence electrons. The van der Waals surface area contributed by atoms with E-state index in [1.165, 1.54) is 22.3 Å². The maximum Gasteiger partial charge on any atom is 0.120 e. The molecule has 0 saturated carbocycles. The summed E-state index contributed by atoms with van der Waals surface area (Å²) in [6.45, 7) is 5.69. The molecule has 0 unspecified atom stereocenters. The molecule has 2 heteroatoms. The van der Waals surface area contributed by atoms with Crippen LogP contribution in [0, 0.1) is 13.8 Å². The van der Waals surface area contributed by atoms with E-state index in [2.05, 4.69) is 61.6 Å². The van der Waals surface area contributed by atoms with Gasteiger partial charge in [0.1, 0.15) is 12.4 Å². The molecule has 2 rings (SSSR count). The first kappa shape index (κ1) is 13.6. The first-order chi connectivity index (χ1) is 9.17. The van der Waals surface area contributed by atoms with Crippen molar-refractivity contribution in [1.82, 2.24) is 5.32 Å². The molecule has 0 aliphatic rings. The molecule has 0 heterocycles. The van der Waals surface area contributed by atoms with E-state index in [1.54, 1.807) is 0 Å². The van der Waals surface area contributed by atoms with Crippen LogP contribution in [0.15, 0.2) is 42.5 Å². The van der Waals surface area contributed by atoms with Gasteiger partial charge in [-0.25, -0.2) is 0 Å². The lowest BCUT2D eigenvalue weighted by Gasteiger charge is -2.09. The van der Waals surface area contributed by atoms with Gasteiger partial charge in [0.2, 0.25) is 0 Å². The first-order valence-electron chi connectivity index (χ1n) is 6.61. The predicted molar refractivity (Wildman–Crippen MR) is 79.5 cm³/mol. The first-order valence-corrected chi connectivity index (χ1v) is 6.61. The van der Waals surface area contributed by atoms with Gasteiger partial charge in [-0.3, -0.25) is 0 Å². The smallest absolute Gasteiger partial charge is 0.120 e. The van der Waals surface area contributed by atoms with Crippen molar-refractivity contribution in [3.05, 3.63) is 64.7 Å². The largest absolute Gasteiger partial charge is 0.489 e. The zero-order chi connectivity index (χ0) is 13.7. The van der Waals surface area contributed by atoms with Crippen LogP contribution in [0.5, 0.6) is 5.75 Å². The van der Waals surface area contributed by atoms with Crippen LogP contribution >= 0.6 is 0 Å². The number of nitrogens with one attached hydrogen (secondary N) is 1. The van der Waals surface area contributed by atoms with Crippen LogP contribution < -0.4 is 10.1 Å². The summed E-state index contributed by atoms with van der Waals surface area (Å²) in [7, 11) is 1.96. The molecule has 19 heavy (non-hydrogen) atoms. The molecule has 0 aliphatic heterocycles. The third-order valence-electron chi connectivity index (χ3n) is 3.00. The Hall–Kier alpha value is -1.80. The highest BCUT2D eigenvalue weighted by Gasteiger charge is 1.99. The number of rotatable bonds is 5. The fraction of sp³-hybridized carbons (Fsp3) is 0.294. The Morgan fingerprint density at radius 1 is 0.895 bits per heavy atom. The number of hydrogen-bond donors (Lipinski definition) is 1. The van der Waals surface area contributed by atoms with Gasteiger partial charge in [-0.1, -0.05) is 30.3 Å². The second kappa shape index (κ2) is 6.39. The molecule has 1 N–H and O–H groups in total. The molecule has 0 aliphatic carbocycles. The van der Waals surface area contributed by atoms with Crippen molar-refractivity contribution in [3.63, 3.8) is 0 Å². The molecule has 0 atom stereocenters. The molecule has 2 aromatic carbocycles. The molecular formula is C17H21NO. The zero-order valence-corrected chi connectivity index (χ0v) is 11.9. The molecular weight excluding hydrogens is 234 g/mol. The summed E-state index contributed by atoms with van der Waals surface area (Å²) >= 11 is 0. The van der Waals surface area contributed by atoms with Crippen molar-refractivity contribution in [2.75, 3.05) is 7.05 Å². The summed E-state index contributed by atoms with van der Waals surface area (Å²) in [5.74, 6) is 0.941. The van der Waals surface area contributed by atoms with Gasteiger partial charge in [0.05, 0.1) is 0 Å². The summed E-state index contributed by atoms with van der Waals surface area (Å²) < 4.78 is 5.84. The third kappa shape index (κ3) is 4.11. The summed E-state index contributed by atoms with van der Waals surface area (Å²) in [4.78, 5) is 0. The molecule has 2 aromatic rings. The standard InChI is InChI=1S/C17H21NO/c1-13-8-14(2)10-17(9-13)19-12-16-6-4-15(5-7-16)11-18-3/h4-10,18H,11-12H2,1-3H3. The molecule has 0 spiro atoms. The average Bonchev–Trinajstić information content (AvgIpc) is 2.37. The van der Waals surface area contributed by atoms with E-state index in [4.69, 9.17) is 4.74 Å². The van der Waals surface area contributed by atoms with Crippen molar-refractivity contribution in [1.29, 1.82) is 0 Å². The van der Waals surface area contributed by atoms with Crippen molar-refractivity contribution in [3.8, 4) is 5.75 Å². The molecule has 0 aromatic heterocycles. The Labute approximate surface area is 115 Å². The van der Waals surface area contributed by atoms with Gasteiger partial charge in [-0.2, -0.15) is 0 Å². The fourth-order valence-corrected chi connectivity index (χ4v) is 2.14. The predicted octanol–water partition coefficient (Wildman–Crippen LogP) is 3.60. The van der Waals surface area contributed by atoms with E-state index in [-0.39, 0.29) is 0 Å². The van der Waals surface area contributed by atoms with Crippen molar-refractivity contribution >= 4 is 0 Å². The van der Waals surface area contributed by atoms with Crippen molar-refractivity contribution < 1.29 is 4.74 Å². The summed E-state index contributed by atoms with van der Waals surface area (Å²) in [5, 5.41) is 3.14. The van der Waals surface area contributed by atoms with Crippen LogP contribution in [0.2, 0.25) is 0 Å². The number of benzene rings is 2. The zero-order valence-electron chi connectivity index (χ0n) is 11.9. The Bertz CT molecular complexity index is 511. The Balaban J connectivity index is 1.98. The second-order valence-corrected chi connectivity index (χ2v) is 4.96. The maximum absolute atomic E-state index is 5.84. The Kier molecular flexibility index (Phi) is 4.58. The van der Waals surface area contributed by atoms with Gasteiger partial charge in [0, 0.05) is 6.54 Å². The van der Waals surface area contributed by atoms with E-state index in [1.807, 2.05) is 7.05 Å². The van der Waals surface area contributed by atoms with E-state index in [0.29, 0.717) is 6.61 Å². The van der Waals surface area contributed by atoms with Gasteiger partial charge in [-0.15, -0.1) is 0 Å². The van der Waals surface area contributed by atoms with Crippen molar-refractivity contribution in [2.24, 2.45) is 0 Å². The quantitative estimate of drug-likeness (QED) is 0.881. The lowest BCUT2D eigenvalue weighted by Crippen LogP contribution is -2.05. The normalized spacial score (nSPS) is 10.5. The minimum Gasteiger partial charge on any atom is -0.489 e. The molecule has 2 nitrogen and oxygen atoms in total. The van der Waals surface area contributed by atoms with Gasteiger partial charge >= 0.3 is 0 Å². The average molecular weight is 255 g/mol. The van der Waals surface area contributed by atoms with Crippen LogP contribution in [0.3, 0.4) is 0 Å². The lowest BCUT2D eigenvalue weighted by molar-refractivity contribution is 0.306. The molecule has 0 bridgehead atoms. The van der Waals surface area contributed by atoms with Crippen LogP contribution in [0.1, 0.15) is 22.3 Å². The van der Waals surface area contributed by atoms with Crippen LogP contribution in [-0.2, 0) is 13.2 Å². The summed E-state index contributed by atoms with van der Waals surface area (Å²) in [6, 6.07) is 14.8. The van der Waals surface area contributed by atoms with Gasteiger partial charge < -0.3 is 10.1 Å². The van der Waals surface area contributed by atoms with Gasteiger partial charge in [0.25, 0.3) is 0 Å². The van der Waals surface area contributed by atoms with E-state index >= 15 is 0 Å². The highest BCUT2D eigenvalue weighted by atomic mass is 16.5. The fourth-order valence-electron chi connectivity index (χ4n) is 2.14. The number of ether oxygens (including phenoxy) is 1. The molecule has 0 saturated heterocycles. The minimum absolute atomic E-state index is 0.614. The monoisotopic (exact) mass is 255 g/mol. The topological polar surface area (TPSA) is 21.3 Å². The SMILES string of the molecule is CNCc1ccc(COc2cc(C)cc(C)c2)cc1. The minimum atomic E-state index is 0.614. The van der Waals surface area contributed by atoms with Crippen LogP contribution in [0.4, 0.5) is 0 Å². The van der Waals surface area contributed by atoms with Crippen LogP contribution in [0.25, 0.3) is 0 Å². The Morgan fingerprint density at radius 3 is 2.05 bits per heavy atom. The maximum atomic E-state index is 5.84. The molecule has 0 amide bonds. The van der Waals surface area contributed by atoms with Crippen molar-refractivity contribution in [2.45, 2.75) is 27.0 Å². The number of aryl methyl sites for hydroxylation is 2. The summed E-state index contributed by atoms with van der Waals surface area (Å²) in [6.07, 6.45) is 0. The van der Waals surface area contributed by atoms with E-state index < -0.39 is 0 Å². The van der Waals surface area contributed by atoms with E-state index in [9.17, 15) is 0 Å². The molecule has 0 radical (unpaired) electrons. The summed E-state index contributed by atoms with van der Waals surface area (Å²) in [5.41, 5.74) is 4.95. The third-order valence-corrected chi connectivity index (χ3v) is 3.00. The lowest BCUT2D eigenvalue weighted by atomic mass is 10.1. The highest BCUT2D eigenvalue weighted by molar-refractivity contribution is 5.33. The van der Waals surface area contributed by atoms with E-state index in [0.717, 1.165) is 12.3 Å². The van der Waals surface area contributed by atoms with Gasteiger partial charge in [0.15, 0.2) is 0 Å². The second-order valence-electron chi connectivity index (χ2n) is 4.96. The van der Waals surface area contributed by atoms with Crippen LogP contribution in [-0.4, -0.2) is 7.05 Å². The Morgan fingerprint density at radius 2 is 1.47 bits per heavy atom. The highest BCUT2D eigenvalue weighted by Crippen LogP contribution is 2.17. The molecule has 0 fully saturated rings. The van der Waals surface area contributed by atoms with Gasteiger partial charge in [-0.05, 0) is 55.3 Å².